The van der Waals surface area contributed by atoms with Crippen molar-refractivity contribution in [2.45, 2.75) is 26.8 Å². The smallest absolute Gasteiger partial charge is 0.262 e. The van der Waals surface area contributed by atoms with Gasteiger partial charge in [-0.25, -0.2) is 4.98 Å². The Morgan fingerprint density at radius 1 is 1.26 bits per heavy atom. The Bertz CT molecular complexity index is 907. The maximum Gasteiger partial charge on any atom is 0.262 e. The second-order valence-corrected chi connectivity index (χ2v) is 6.34. The summed E-state index contributed by atoms with van der Waals surface area (Å²) in [4.78, 5) is 29.4. The standard InChI is InChI=1S/C17H17N3O2S/c1-11-4-3-5-12(2)15(11)19-14(21)6-8-20-10-18-16-13(17(20)22)7-9-23-16/h3-5,7,9-10H,6,8H2,1-2H3,(H,19,21). The Morgan fingerprint density at radius 3 is 2.74 bits per heavy atom. The number of amides is 1. The van der Waals surface area contributed by atoms with Gasteiger partial charge in [0.25, 0.3) is 5.56 Å². The van der Waals surface area contributed by atoms with Gasteiger partial charge >= 0.3 is 0 Å². The normalized spacial score (nSPS) is 10.9. The van der Waals surface area contributed by atoms with Crippen LogP contribution < -0.4 is 10.9 Å². The van der Waals surface area contributed by atoms with Crippen molar-refractivity contribution in [3.8, 4) is 0 Å². The average Bonchev–Trinajstić information content (AvgIpc) is 3.00. The van der Waals surface area contributed by atoms with Gasteiger partial charge in [0.1, 0.15) is 4.83 Å². The molecule has 23 heavy (non-hydrogen) atoms. The number of carbonyl (C=O) groups is 1. The van der Waals surface area contributed by atoms with Crippen LogP contribution in [0.15, 0.2) is 40.8 Å². The first-order valence-electron chi connectivity index (χ1n) is 7.35. The van der Waals surface area contributed by atoms with Gasteiger partial charge in [-0.15, -0.1) is 11.3 Å². The minimum Gasteiger partial charge on any atom is -0.326 e. The zero-order chi connectivity index (χ0) is 16.4. The van der Waals surface area contributed by atoms with Crippen LogP contribution in [0.1, 0.15) is 17.5 Å². The molecule has 0 unspecified atom stereocenters. The molecular weight excluding hydrogens is 310 g/mol. The number of hydrogen-bond donors (Lipinski definition) is 1. The number of carbonyl (C=O) groups excluding carboxylic acids is 1. The maximum absolute atomic E-state index is 12.3. The number of nitrogens with one attached hydrogen (secondary N) is 1. The number of fused-ring (bicyclic) bond motifs is 1. The third kappa shape index (κ3) is 3.17. The molecule has 5 nitrogen and oxygen atoms in total. The summed E-state index contributed by atoms with van der Waals surface area (Å²) < 4.78 is 1.49. The summed E-state index contributed by atoms with van der Waals surface area (Å²) in [6.07, 6.45) is 1.73. The molecule has 0 saturated heterocycles. The van der Waals surface area contributed by atoms with Gasteiger partial charge in [0.05, 0.1) is 11.7 Å². The molecule has 3 aromatic rings. The van der Waals surface area contributed by atoms with Crippen molar-refractivity contribution < 1.29 is 4.79 Å². The molecule has 0 aliphatic rings. The molecule has 1 N–H and O–H groups in total. The predicted molar refractivity (Wildman–Crippen MR) is 93.0 cm³/mol. The second-order valence-electron chi connectivity index (χ2n) is 5.45. The lowest BCUT2D eigenvalue weighted by atomic mass is 10.1. The Labute approximate surface area is 137 Å². The Kier molecular flexibility index (Phi) is 4.25. The summed E-state index contributed by atoms with van der Waals surface area (Å²) in [6, 6.07) is 7.65. The highest BCUT2D eigenvalue weighted by Gasteiger charge is 2.09. The van der Waals surface area contributed by atoms with E-state index in [4.69, 9.17) is 0 Å². The van der Waals surface area contributed by atoms with E-state index in [1.54, 1.807) is 6.07 Å². The summed E-state index contributed by atoms with van der Waals surface area (Å²) in [5.41, 5.74) is 2.79. The molecule has 2 heterocycles. The first kappa shape index (κ1) is 15.4. The minimum absolute atomic E-state index is 0.101. The van der Waals surface area contributed by atoms with Crippen LogP contribution >= 0.6 is 11.3 Å². The number of nitrogens with zero attached hydrogens (tertiary/aromatic N) is 2. The maximum atomic E-state index is 12.3. The van der Waals surface area contributed by atoms with Crippen molar-refractivity contribution in [3.63, 3.8) is 0 Å². The molecule has 0 aliphatic carbocycles. The summed E-state index contributed by atoms with van der Waals surface area (Å²) in [5, 5.41) is 5.38. The van der Waals surface area contributed by atoms with Crippen LogP contribution in [0, 0.1) is 13.8 Å². The molecule has 2 aromatic heterocycles. The largest absolute Gasteiger partial charge is 0.326 e. The van der Waals surface area contributed by atoms with E-state index >= 15 is 0 Å². The molecule has 0 aliphatic heterocycles. The van der Waals surface area contributed by atoms with Gasteiger partial charge in [-0.05, 0) is 36.4 Å². The molecule has 3 rings (SSSR count). The summed E-state index contributed by atoms with van der Waals surface area (Å²) in [5.74, 6) is -0.111. The van der Waals surface area contributed by atoms with Gasteiger partial charge in [0.2, 0.25) is 5.91 Å². The van der Waals surface area contributed by atoms with Crippen molar-refractivity contribution in [2.24, 2.45) is 0 Å². The van der Waals surface area contributed by atoms with Gasteiger partial charge in [0.15, 0.2) is 0 Å². The van der Waals surface area contributed by atoms with Crippen molar-refractivity contribution in [3.05, 3.63) is 57.5 Å². The van der Waals surface area contributed by atoms with Crippen LogP contribution in [0.5, 0.6) is 0 Å². The molecule has 6 heteroatoms. The summed E-state index contributed by atoms with van der Waals surface area (Å²) in [7, 11) is 0. The van der Waals surface area contributed by atoms with E-state index in [2.05, 4.69) is 10.3 Å². The van der Waals surface area contributed by atoms with Crippen LogP contribution in [-0.2, 0) is 11.3 Å². The number of aryl methyl sites for hydroxylation is 3. The highest BCUT2D eigenvalue weighted by molar-refractivity contribution is 7.16. The lowest BCUT2D eigenvalue weighted by Crippen LogP contribution is -2.23. The van der Waals surface area contributed by atoms with Gasteiger partial charge in [-0.1, -0.05) is 18.2 Å². The van der Waals surface area contributed by atoms with E-state index in [9.17, 15) is 9.59 Å². The molecular formula is C17H17N3O2S. The van der Waals surface area contributed by atoms with E-state index in [1.807, 2.05) is 37.4 Å². The summed E-state index contributed by atoms with van der Waals surface area (Å²) >= 11 is 1.44. The molecule has 0 spiro atoms. The van der Waals surface area contributed by atoms with Crippen LogP contribution in [0.25, 0.3) is 10.2 Å². The van der Waals surface area contributed by atoms with Gasteiger partial charge in [-0.2, -0.15) is 0 Å². The number of anilines is 1. The molecule has 118 valence electrons. The highest BCUT2D eigenvalue weighted by atomic mass is 32.1. The van der Waals surface area contributed by atoms with Gasteiger partial charge in [0, 0.05) is 18.7 Å². The fourth-order valence-corrected chi connectivity index (χ4v) is 3.21. The van der Waals surface area contributed by atoms with Crippen molar-refractivity contribution in [1.29, 1.82) is 0 Å². The Hall–Kier alpha value is -2.47. The monoisotopic (exact) mass is 327 g/mol. The fourth-order valence-electron chi connectivity index (χ4n) is 2.49. The number of para-hydroxylation sites is 1. The molecule has 1 aromatic carbocycles. The zero-order valence-electron chi connectivity index (χ0n) is 13.0. The lowest BCUT2D eigenvalue weighted by molar-refractivity contribution is -0.116. The number of thiophene rings is 1. The third-order valence-electron chi connectivity index (χ3n) is 3.78. The fraction of sp³-hybridized carbons (Fsp3) is 0.235. The SMILES string of the molecule is Cc1cccc(C)c1NC(=O)CCn1cnc2sccc2c1=O. The number of rotatable bonds is 4. The predicted octanol–water partition coefficient (Wildman–Crippen LogP) is 3.10. The van der Waals surface area contributed by atoms with Crippen LogP contribution in [0.4, 0.5) is 5.69 Å². The molecule has 0 radical (unpaired) electrons. The summed E-state index contributed by atoms with van der Waals surface area (Å²) in [6.45, 7) is 4.23. The Balaban J connectivity index is 1.71. The lowest BCUT2D eigenvalue weighted by Gasteiger charge is -2.11. The van der Waals surface area contributed by atoms with E-state index in [0.717, 1.165) is 21.6 Å². The topological polar surface area (TPSA) is 64.0 Å². The zero-order valence-corrected chi connectivity index (χ0v) is 13.8. The third-order valence-corrected chi connectivity index (χ3v) is 4.60. The second kappa shape index (κ2) is 6.34. The van der Waals surface area contributed by atoms with Gasteiger partial charge < -0.3 is 5.32 Å². The molecule has 1 amide bonds. The van der Waals surface area contributed by atoms with Gasteiger partial charge in [-0.3, -0.25) is 14.2 Å². The quantitative estimate of drug-likeness (QED) is 0.801. The van der Waals surface area contributed by atoms with Crippen molar-refractivity contribution in [2.75, 3.05) is 5.32 Å². The van der Waals surface area contributed by atoms with Crippen LogP contribution in [0.3, 0.4) is 0 Å². The molecule has 0 atom stereocenters. The van der Waals surface area contributed by atoms with E-state index in [0.29, 0.717) is 11.9 Å². The van der Waals surface area contributed by atoms with E-state index in [1.165, 1.54) is 22.2 Å². The van der Waals surface area contributed by atoms with Crippen molar-refractivity contribution in [1.82, 2.24) is 9.55 Å². The molecule has 0 bridgehead atoms. The Morgan fingerprint density at radius 2 is 2.00 bits per heavy atom. The first-order valence-corrected chi connectivity index (χ1v) is 8.23. The minimum atomic E-state index is -0.111. The van der Waals surface area contributed by atoms with E-state index in [-0.39, 0.29) is 17.9 Å². The number of aromatic nitrogens is 2. The first-order chi connectivity index (χ1) is 11.1. The van der Waals surface area contributed by atoms with Crippen LogP contribution in [0.2, 0.25) is 0 Å². The van der Waals surface area contributed by atoms with Crippen LogP contribution in [-0.4, -0.2) is 15.5 Å². The molecule has 0 saturated carbocycles. The van der Waals surface area contributed by atoms with Crippen molar-refractivity contribution >= 4 is 33.1 Å². The van der Waals surface area contributed by atoms with E-state index < -0.39 is 0 Å². The number of benzene rings is 1. The highest BCUT2D eigenvalue weighted by Crippen LogP contribution is 2.19. The number of hydrogen-bond acceptors (Lipinski definition) is 4. The molecule has 0 fully saturated rings. The average molecular weight is 327 g/mol.